The number of fused-ring (bicyclic) bond motifs is 1. The summed E-state index contributed by atoms with van der Waals surface area (Å²) in [6.07, 6.45) is 4.44. The summed E-state index contributed by atoms with van der Waals surface area (Å²) < 4.78 is 1.73. The number of benzene rings is 1. The zero-order valence-electron chi connectivity index (χ0n) is 12.2. The number of hydrogen-bond donors (Lipinski definition) is 2. The number of anilines is 1. The van der Waals surface area contributed by atoms with Crippen molar-refractivity contribution in [1.29, 1.82) is 0 Å². The lowest BCUT2D eigenvalue weighted by atomic mass is 10.1. The van der Waals surface area contributed by atoms with Crippen LogP contribution in [0.15, 0.2) is 42.7 Å². The largest absolute Gasteiger partial charge is 0.478 e. The highest BCUT2D eigenvalue weighted by Crippen LogP contribution is 2.25. The summed E-state index contributed by atoms with van der Waals surface area (Å²) in [4.78, 5) is 15.5. The smallest absolute Gasteiger partial charge is 0.335 e. The third-order valence-corrected chi connectivity index (χ3v) is 3.38. The summed E-state index contributed by atoms with van der Waals surface area (Å²) >= 11 is 0. The Morgan fingerprint density at radius 3 is 3.00 bits per heavy atom. The van der Waals surface area contributed by atoms with Crippen LogP contribution in [0.3, 0.4) is 0 Å². The van der Waals surface area contributed by atoms with E-state index in [2.05, 4.69) is 22.3 Å². The van der Waals surface area contributed by atoms with Crippen molar-refractivity contribution in [3.8, 4) is 11.1 Å². The summed E-state index contributed by atoms with van der Waals surface area (Å²) in [6.45, 7) is 2.94. The molecular weight excluding hydrogens is 280 g/mol. The first-order chi connectivity index (χ1) is 10.7. The Balaban J connectivity index is 2.09. The molecule has 0 fully saturated rings. The fourth-order valence-corrected chi connectivity index (χ4v) is 2.30. The monoisotopic (exact) mass is 296 g/mol. The summed E-state index contributed by atoms with van der Waals surface area (Å²) in [5.41, 5.74) is 2.54. The van der Waals surface area contributed by atoms with Crippen LogP contribution < -0.4 is 5.32 Å². The van der Waals surface area contributed by atoms with Gasteiger partial charge in [-0.15, -0.1) is 0 Å². The topological polar surface area (TPSA) is 79.5 Å². The maximum atomic E-state index is 11.1. The molecule has 3 rings (SSSR count). The van der Waals surface area contributed by atoms with Gasteiger partial charge in [0.05, 0.1) is 11.8 Å². The van der Waals surface area contributed by atoms with E-state index in [4.69, 9.17) is 5.11 Å². The fraction of sp³-hybridized carbons (Fsp3) is 0.188. The molecule has 0 saturated heterocycles. The van der Waals surface area contributed by atoms with Crippen molar-refractivity contribution in [2.75, 3.05) is 11.9 Å². The molecule has 0 atom stereocenters. The van der Waals surface area contributed by atoms with Crippen molar-refractivity contribution < 1.29 is 9.90 Å². The molecule has 0 amide bonds. The van der Waals surface area contributed by atoms with Gasteiger partial charge in [-0.1, -0.05) is 19.1 Å². The number of carboxylic acids is 1. The molecule has 2 heterocycles. The van der Waals surface area contributed by atoms with Gasteiger partial charge in [-0.05, 0) is 30.2 Å². The number of aromatic carboxylic acids is 1. The molecule has 6 heteroatoms. The predicted octanol–water partition coefficient (Wildman–Crippen LogP) is 2.92. The van der Waals surface area contributed by atoms with E-state index in [0.717, 1.165) is 29.9 Å². The number of hydrogen-bond acceptors (Lipinski definition) is 4. The van der Waals surface area contributed by atoms with E-state index in [0.29, 0.717) is 5.65 Å². The molecule has 1 aromatic carbocycles. The zero-order valence-corrected chi connectivity index (χ0v) is 12.2. The van der Waals surface area contributed by atoms with Crippen molar-refractivity contribution in [2.45, 2.75) is 13.3 Å². The minimum Gasteiger partial charge on any atom is -0.478 e. The third-order valence-electron chi connectivity index (χ3n) is 3.38. The van der Waals surface area contributed by atoms with Gasteiger partial charge in [-0.25, -0.2) is 9.78 Å². The Kier molecular flexibility index (Phi) is 3.74. The summed E-state index contributed by atoms with van der Waals surface area (Å²) in [7, 11) is 0. The molecule has 0 bridgehead atoms. The average molecular weight is 296 g/mol. The Morgan fingerprint density at radius 2 is 2.23 bits per heavy atom. The normalized spacial score (nSPS) is 10.8. The Labute approximate surface area is 127 Å². The molecule has 0 spiro atoms. The van der Waals surface area contributed by atoms with E-state index in [-0.39, 0.29) is 5.56 Å². The van der Waals surface area contributed by atoms with Crippen LogP contribution in [0.2, 0.25) is 0 Å². The highest BCUT2D eigenvalue weighted by Gasteiger charge is 2.12. The van der Waals surface area contributed by atoms with Crippen LogP contribution in [-0.2, 0) is 0 Å². The molecule has 22 heavy (non-hydrogen) atoms. The summed E-state index contributed by atoms with van der Waals surface area (Å²) in [5, 5.41) is 16.8. The number of nitrogens with one attached hydrogen (secondary N) is 1. The van der Waals surface area contributed by atoms with Crippen molar-refractivity contribution in [1.82, 2.24) is 14.6 Å². The maximum absolute atomic E-state index is 11.1. The van der Waals surface area contributed by atoms with Crippen molar-refractivity contribution >= 4 is 17.4 Å². The van der Waals surface area contributed by atoms with Crippen molar-refractivity contribution in [3.63, 3.8) is 0 Å². The molecule has 6 nitrogen and oxygen atoms in total. The SMILES string of the molecule is CCCNc1ccnc2c(-c3cccc(C(=O)O)c3)cnn12. The number of carboxylic acid groups (broad SMARTS) is 1. The van der Waals surface area contributed by atoms with Crippen molar-refractivity contribution in [2.24, 2.45) is 0 Å². The Morgan fingerprint density at radius 1 is 1.36 bits per heavy atom. The number of rotatable bonds is 5. The van der Waals surface area contributed by atoms with Crippen LogP contribution in [0.25, 0.3) is 16.8 Å². The van der Waals surface area contributed by atoms with E-state index in [1.807, 2.05) is 12.1 Å². The first-order valence-corrected chi connectivity index (χ1v) is 7.11. The molecular formula is C16H16N4O2. The van der Waals surface area contributed by atoms with Gasteiger partial charge in [-0.2, -0.15) is 9.61 Å². The molecule has 2 aromatic heterocycles. The minimum absolute atomic E-state index is 0.247. The van der Waals surface area contributed by atoms with Crippen LogP contribution in [0.5, 0.6) is 0 Å². The minimum atomic E-state index is -0.948. The molecule has 2 N–H and O–H groups in total. The molecule has 0 aliphatic heterocycles. The lowest BCUT2D eigenvalue weighted by molar-refractivity contribution is 0.0697. The lowest BCUT2D eigenvalue weighted by Crippen LogP contribution is -2.06. The van der Waals surface area contributed by atoms with E-state index in [1.165, 1.54) is 0 Å². The van der Waals surface area contributed by atoms with Crippen molar-refractivity contribution in [3.05, 3.63) is 48.3 Å². The number of carbonyl (C=O) groups is 1. The van der Waals surface area contributed by atoms with E-state index >= 15 is 0 Å². The highest BCUT2D eigenvalue weighted by atomic mass is 16.4. The Bertz CT molecular complexity index is 826. The van der Waals surface area contributed by atoms with E-state index < -0.39 is 5.97 Å². The predicted molar refractivity (Wildman–Crippen MR) is 84.2 cm³/mol. The Hall–Kier alpha value is -2.89. The summed E-state index contributed by atoms with van der Waals surface area (Å²) in [6, 6.07) is 8.65. The van der Waals surface area contributed by atoms with Gasteiger partial charge in [-0.3, -0.25) is 0 Å². The molecule has 0 aliphatic carbocycles. The van der Waals surface area contributed by atoms with E-state index in [1.54, 1.807) is 35.1 Å². The van der Waals surface area contributed by atoms with Crippen LogP contribution in [0.1, 0.15) is 23.7 Å². The second kappa shape index (κ2) is 5.85. The highest BCUT2D eigenvalue weighted by molar-refractivity contribution is 5.90. The molecule has 3 aromatic rings. The first kappa shape index (κ1) is 14.1. The quantitative estimate of drug-likeness (QED) is 0.756. The standard InChI is InChI=1S/C16H16N4O2/c1-2-7-17-14-6-8-18-15-13(10-19-20(14)15)11-4-3-5-12(9-11)16(21)22/h3-6,8-10,17H,2,7H2,1H3,(H,21,22). The first-order valence-electron chi connectivity index (χ1n) is 7.11. The van der Waals surface area contributed by atoms with Gasteiger partial charge in [0.15, 0.2) is 5.65 Å². The molecule has 0 saturated carbocycles. The zero-order chi connectivity index (χ0) is 15.5. The second-order valence-electron chi connectivity index (χ2n) is 4.94. The second-order valence-corrected chi connectivity index (χ2v) is 4.94. The van der Waals surface area contributed by atoms with Crippen LogP contribution in [-0.4, -0.2) is 32.2 Å². The average Bonchev–Trinajstić information content (AvgIpc) is 2.97. The number of nitrogens with zero attached hydrogens (tertiary/aromatic N) is 3. The van der Waals surface area contributed by atoms with Gasteiger partial charge >= 0.3 is 5.97 Å². The van der Waals surface area contributed by atoms with Gasteiger partial charge in [0.1, 0.15) is 5.82 Å². The van der Waals surface area contributed by atoms with Crippen LogP contribution >= 0.6 is 0 Å². The molecule has 112 valence electrons. The van der Waals surface area contributed by atoms with E-state index in [9.17, 15) is 4.79 Å². The fourth-order valence-electron chi connectivity index (χ4n) is 2.30. The molecule has 0 radical (unpaired) electrons. The molecule has 0 aliphatic rings. The van der Waals surface area contributed by atoms with Crippen LogP contribution in [0.4, 0.5) is 5.82 Å². The number of aromatic nitrogens is 3. The maximum Gasteiger partial charge on any atom is 0.335 e. The van der Waals surface area contributed by atoms with Gasteiger partial charge in [0.2, 0.25) is 0 Å². The van der Waals surface area contributed by atoms with Gasteiger partial charge < -0.3 is 10.4 Å². The third kappa shape index (κ3) is 2.50. The van der Waals surface area contributed by atoms with Crippen LogP contribution in [0, 0.1) is 0 Å². The van der Waals surface area contributed by atoms with Gasteiger partial charge in [0.25, 0.3) is 0 Å². The lowest BCUT2D eigenvalue weighted by Gasteiger charge is -2.07. The summed E-state index contributed by atoms with van der Waals surface area (Å²) in [5.74, 6) is -0.0796. The molecule has 0 unspecified atom stereocenters. The van der Waals surface area contributed by atoms with Gasteiger partial charge in [0, 0.05) is 18.3 Å².